The third-order valence-electron chi connectivity index (χ3n) is 6.27. The van der Waals surface area contributed by atoms with Gasteiger partial charge >= 0.3 is 5.97 Å². The van der Waals surface area contributed by atoms with E-state index in [4.69, 9.17) is 5.11 Å². The Hall–Kier alpha value is -4.42. The van der Waals surface area contributed by atoms with Crippen molar-refractivity contribution >= 4 is 32.5 Å². The van der Waals surface area contributed by atoms with E-state index >= 15 is 0 Å². The van der Waals surface area contributed by atoms with E-state index in [1.54, 1.807) is 36.4 Å². The summed E-state index contributed by atoms with van der Waals surface area (Å²) in [6.07, 6.45) is -0.126. The summed E-state index contributed by atoms with van der Waals surface area (Å²) in [5, 5.41) is 11.2. The van der Waals surface area contributed by atoms with Gasteiger partial charge in [0.2, 0.25) is 0 Å². The minimum Gasteiger partial charge on any atom is -0.481 e. The van der Waals surface area contributed by atoms with E-state index < -0.39 is 16.0 Å². The molecule has 5 nitrogen and oxygen atoms in total. The van der Waals surface area contributed by atoms with Crippen LogP contribution in [0.5, 0.6) is 0 Å². The predicted molar refractivity (Wildman–Crippen MR) is 147 cm³/mol. The van der Waals surface area contributed by atoms with Crippen molar-refractivity contribution in [2.75, 3.05) is 4.31 Å². The smallest absolute Gasteiger partial charge is 0.307 e. The van der Waals surface area contributed by atoms with Crippen LogP contribution in [-0.4, -0.2) is 19.5 Å². The van der Waals surface area contributed by atoms with Crippen LogP contribution in [0.3, 0.4) is 0 Å². The molecule has 0 radical (unpaired) electrons. The van der Waals surface area contributed by atoms with Crippen molar-refractivity contribution < 1.29 is 18.3 Å². The predicted octanol–water partition coefficient (Wildman–Crippen LogP) is 6.53. The molecule has 1 N–H and O–H groups in total. The van der Waals surface area contributed by atoms with Crippen molar-refractivity contribution in [3.05, 3.63) is 132 Å². The summed E-state index contributed by atoms with van der Waals surface area (Å²) in [7, 11) is -3.92. The second-order valence-corrected chi connectivity index (χ2v) is 10.7. The molecule has 0 saturated heterocycles. The molecule has 0 aliphatic rings. The fraction of sp³-hybridized carbons (Fsp3) is 0.0645. The first-order chi connectivity index (χ1) is 17.9. The molecule has 184 valence electrons. The van der Waals surface area contributed by atoms with Gasteiger partial charge in [-0.05, 0) is 63.4 Å². The summed E-state index contributed by atoms with van der Waals surface area (Å²) >= 11 is 0. The molecule has 0 unspecified atom stereocenters. The Bertz CT molecular complexity index is 1650. The number of carbonyl (C=O) groups is 1. The van der Waals surface area contributed by atoms with Crippen molar-refractivity contribution in [1.82, 2.24) is 0 Å². The number of sulfonamides is 1. The summed E-state index contributed by atoms with van der Waals surface area (Å²) in [6, 6.07) is 37.2. The lowest BCUT2D eigenvalue weighted by Gasteiger charge is -2.25. The molecule has 5 rings (SSSR count). The van der Waals surface area contributed by atoms with Gasteiger partial charge in [0, 0.05) is 0 Å². The van der Waals surface area contributed by atoms with Gasteiger partial charge in [0.1, 0.15) is 0 Å². The lowest BCUT2D eigenvalue weighted by molar-refractivity contribution is -0.136. The van der Waals surface area contributed by atoms with E-state index in [0.717, 1.165) is 27.5 Å². The van der Waals surface area contributed by atoms with Gasteiger partial charge in [0.15, 0.2) is 0 Å². The molecular weight excluding hydrogens is 482 g/mol. The summed E-state index contributed by atoms with van der Waals surface area (Å²) in [5.41, 5.74) is 3.85. The van der Waals surface area contributed by atoms with Crippen molar-refractivity contribution in [1.29, 1.82) is 0 Å². The molecule has 0 heterocycles. The van der Waals surface area contributed by atoms with Gasteiger partial charge in [-0.25, -0.2) is 8.42 Å². The summed E-state index contributed by atoms with van der Waals surface area (Å²) in [5.74, 6) is -0.938. The molecule has 0 aromatic heterocycles. The number of hydrogen-bond acceptors (Lipinski definition) is 3. The Labute approximate surface area is 216 Å². The first-order valence-corrected chi connectivity index (χ1v) is 13.3. The molecular formula is C31H25NO4S. The average molecular weight is 508 g/mol. The maximum absolute atomic E-state index is 13.9. The highest BCUT2D eigenvalue weighted by molar-refractivity contribution is 7.92. The minimum absolute atomic E-state index is 0.126. The molecule has 0 atom stereocenters. The highest BCUT2D eigenvalue weighted by Gasteiger charge is 2.25. The quantitative estimate of drug-likeness (QED) is 0.259. The highest BCUT2D eigenvalue weighted by Crippen LogP contribution is 2.29. The summed E-state index contributed by atoms with van der Waals surface area (Å²) in [6.45, 7) is 0.131. The number of anilines is 1. The number of carboxylic acids is 1. The monoisotopic (exact) mass is 507 g/mol. The van der Waals surface area contributed by atoms with E-state index in [-0.39, 0.29) is 17.9 Å². The molecule has 5 aromatic rings. The fourth-order valence-electron chi connectivity index (χ4n) is 4.35. The molecule has 0 aliphatic heterocycles. The van der Waals surface area contributed by atoms with Crippen LogP contribution in [-0.2, 0) is 27.8 Å². The van der Waals surface area contributed by atoms with Crippen LogP contribution in [0, 0.1) is 0 Å². The second kappa shape index (κ2) is 10.3. The number of hydrogen-bond donors (Lipinski definition) is 1. The van der Waals surface area contributed by atoms with Gasteiger partial charge in [0.25, 0.3) is 10.0 Å². The summed E-state index contributed by atoms with van der Waals surface area (Å²) in [4.78, 5) is 11.3. The van der Waals surface area contributed by atoms with Gasteiger partial charge in [-0.3, -0.25) is 9.10 Å². The maximum Gasteiger partial charge on any atom is 0.307 e. The third-order valence-corrected chi connectivity index (χ3v) is 8.06. The molecule has 0 amide bonds. The van der Waals surface area contributed by atoms with E-state index in [0.29, 0.717) is 11.3 Å². The number of nitrogens with zero attached hydrogens (tertiary/aromatic N) is 1. The van der Waals surface area contributed by atoms with E-state index in [1.807, 2.05) is 84.9 Å². The van der Waals surface area contributed by atoms with E-state index in [2.05, 4.69) is 0 Å². The van der Waals surface area contributed by atoms with Crippen LogP contribution in [0.25, 0.3) is 21.9 Å². The van der Waals surface area contributed by atoms with Crippen LogP contribution in [0.4, 0.5) is 5.69 Å². The SMILES string of the molecule is O=C(O)Cc1ccc(N(Cc2ccc3ccccc3c2)S(=O)(=O)c2ccc(-c3ccccc3)cc2)cc1. The van der Waals surface area contributed by atoms with Gasteiger partial charge in [-0.1, -0.05) is 91.0 Å². The molecule has 0 spiro atoms. The molecule has 0 aliphatic carbocycles. The molecule has 0 saturated carbocycles. The summed E-state index contributed by atoms with van der Waals surface area (Å²) < 4.78 is 29.3. The van der Waals surface area contributed by atoms with Crippen LogP contribution in [0.2, 0.25) is 0 Å². The Morgan fingerprint density at radius 2 is 1.24 bits per heavy atom. The van der Waals surface area contributed by atoms with Gasteiger partial charge in [-0.2, -0.15) is 0 Å². The average Bonchev–Trinajstić information content (AvgIpc) is 2.92. The van der Waals surface area contributed by atoms with Gasteiger partial charge < -0.3 is 5.11 Å². The molecule has 6 heteroatoms. The Kier molecular flexibility index (Phi) is 6.75. The minimum atomic E-state index is -3.92. The number of carboxylic acid groups (broad SMARTS) is 1. The zero-order valence-corrected chi connectivity index (χ0v) is 20.8. The van der Waals surface area contributed by atoms with Gasteiger partial charge in [-0.15, -0.1) is 0 Å². The Morgan fingerprint density at radius 1 is 0.649 bits per heavy atom. The number of fused-ring (bicyclic) bond motifs is 1. The zero-order chi connectivity index (χ0) is 25.8. The fourth-order valence-corrected chi connectivity index (χ4v) is 5.80. The number of rotatable bonds is 8. The van der Waals surface area contributed by atoms with Crippen LogP contribution in [0.15, 0.2) is 126 Å². The first kappa shape index (κ1) is 24.3. The molecule has 0 bridgehead atoms. The largest absolute Gasteiger partial charge is 0.481 e. The van der Waals surface area contributed by atoms with Crippen LogP contribution in [0.1, 0.15) is 11.1 Å². The van der Waals surface area contributed by atoms with Crippen LogP contribution < -0.4 is 4.31 Å². The third kappa shape index (κ3) is 5.39. The first-order valence-electron chi connectivity index (χ1n) is 11.9. The number of benzene rings is 5. The van der Waals surface area contributed by atoms with Crippen molar-refractivity contribution in [2.24, 2.45) is 0 Å². The lowest BCUT2D eigenvalue weighted by atomic mass is 10.1. The van der Waals surface area contributed by atoms with Gasteiger partial charge in [0.05, 0.1) is 23.5 Å². The zero-order valence-electron chi connectivity index (χ0n) is 20.0. The topological polar surface area (TPSA) is 74.7 Å². The normalized spacial score (nSPS) is 11.4. The molecule has 0 fully saturated rings. The Morgan fingerprint density at radius 3 is 1.92 bits per heavy atom. The van der Waals surface area contributed by atoms with E-state index in [1.165, 1.54) is 4.31 Å². The van der Waals surface area contributed by atoms with E-state index in [9.17, 15) is 13.2 Å². The standard InChI is InChI=1S/C31H25NO4S/c33-31(34)21-23-11-16-29(17-12-23)32(22-24-10-13-26-8-4-5-9-28(26)20-24)37(35,36)30-18-14-27(15-19-30)25-6-2-1-3-7-25/h1-20H,21-22H2,(H,33,34). The Balaban J connectivity index is 1.53. The molecule has 37 heavy (non-hydrogen) atoms. The highest BCUT2D eigenvalue weighted by atomic mass is 32.2. The van der Waals surface area contributed by atoms with Crippen LogP contribution >= 0.6 is 0 Å². The maximum atomic E-state index is 13.9. The van der Waals surface area contributed by atoms with Crippen molar-refractivity contribution in [3.8, 4) is 11.1 Å². The van der Waals surface area contributed by atoms with Crippen molar-refractivity contribution in [3.63, 3.8) is 0 Å². The number of aliphatic carboxylic acids is 1. The molecule has 5 aromatic carbocycles. The second-order valence-electron chi connectivity index (χ2n) is 8.82. The lowest BCUT2D eigenvalue weighted by Crippen LogP contribution is -2.30. The van der Waals surface area contributed by atoms with Crippen molar-refractivity contribution in [2.45, 2.75) is 17.9 Å².